The Bertz CT molecular complexity index is 1160. The van der Waals surface area contributed by atoms with E-state index in [9.17, 15) is 22.4 Å². The number of alkyl halides is 2. The predicted octanol–water partition coefficient (Wildman–Crippen LogP) is 6.40. The number of aromatic nitrogens is 3. The van der Waals surface area contributed by atoms with Gasteiger partial charge in [0.05, 0.1) is 24.1 Å². The minimum atomic E-state index is -2.76. The number of nitrogens with one attached hydrogen (secondary N) is 1. The number of carbonyl (C=O) groups excluding carboxylic acids is 1. The number of carbonyl (C=O) groups is 1. The molecule has 0 spiro atoms. The van der Waals surface area contributed by atoms with Gasteiger partial charge < -0.3 is 10.1 Å². The van der Waals surface area contributed by atoms with Crippen LogP contribution < -0.4 is 10.1 Å². The lowest BCUT2D eigenvalue weighted by molar-refractivity contribution is -0.0384. The number of anilines is 1. The van der Waals surface area contributed by atoms with Gasteiger partial charge in [-0.3, -0.25) is 9.78 Å². The van der Waals surface area contributed by atoms with E-state index in [0.29, 0.717) is 5.69 Å². The predicted molar refractivity (Wildman–Crippen MR) is 124 cm³/mol. The maximum absolute atomic E-state index is 14.6. The largest absolute Gasteiger partial charge is 0.467 e. The molecule has 2 aromatic heterocycles. The molecule has 1 fully saturated rings. The number of pyridine rings is 1. The summed E-state index contributed by atoms with van der Waals surface area (Å²) in [5, 5.41) is 2.70. The first-order valence-electron chi connectivity index (χ1n) is 11.3. The molecule has 0 atom stereocenters. The summed E-state index contributed by atoms with van der Waals surface area (Å²) in [6.45, 7) is 4.00. The molecular weight excluding hydrogens is 464 g/mol. The van der Waals surface area contributed by atoms with Crippen LogP contribution in [0.4, 0.5) is 23.2 Å². The van der Waals surface area contributed by atoms with Crippen LogP contribution in [0.3, 0.4) is 0 Å². The fraction of sp³-hybridized carbons (Fsp3) is 0.360. The minimum absolute atomic E-state index is 0.0688. The van der Waals surface area contributed by atoms with Crippen molar-refractivity contribution in [2.75, 3.05) is 12.4 Å². The van der Waals surface area contributed by atoms with E-state index in [-0.39, 0.29) is 60.0 Å². The molecule has 1 saturated carbocycles. The van der Waals surface area contributed by atoms with Crippen molar-refractivity contribution < 1.29 is 27.1 Å². The van der Waals surface area contributed by atoms with Crippen molar-refractivity contribution >= 4 is 11.6 Å². The van der Waals surface area contributed by atoms with Crippen molar-refractivity contribution in [2.45, 2.75) is 51.4 Å². The van der Waals surface area contributed by atoms with Gasteiger partial charge in [-0.15, -0.1) is 0 Å². The highest BCUT2D eigenvalue weighted by molar-refractivity contribution is 6.06. The van der Waals surface area contributed by atoms with Gasteiger partial charge in [0.1, 0.15) is 11.6 Å². The monoisotopic (exact) mass is 490 g/mol. The number of rotatable bonds is 5. The van der Waals surface area contributed by atoms with E-state index >= 15 is 0 Å². The van der Waals surface area contributed by atoms with Gasteiger partial charge in [-0.1, -0.05) is 13.8 Å². The van der Waals surface area contributed by atoms with Gasteiger partial charge in [0.2, 0.25) is 5.92 Å². The fourth-order valence-electron chi connectivity index (χ4n) is 3.89. The Morgan fingerprint density at radius 3 is 2.31 bits per heavy atom. The van der Waals surface area contributed by atoms with Crippen LogP contribution in [0, 0.1) is 11.6 Å². The number of hydrogen-bond acceptors (Lipinski definition) is 5. The molecule has 35 heavy (non-hydrogen) atoms. The average Bonchev–Trinajstić information content (AvgIpc) is 2.87. The molecule has 1 aromatic carbocycles. The molecule has 6 nitrogen and oxygen atoms in total. The van der Waals surface area contributed by atoms with Crippen LogP contribution in [0.2, 0.25) is 0 Å². The summed E-state index contributed by atoms with van der Waals surface area (Å²) in [6, 6.07) is 4.49. The van der Waals surface area contributed by atoms with Gasteiger partial charge in [-0.2, -0.15) is 0 Å². The van der Waals surface area contributed by atoms with Crippen molar-refractivity contribution in [1.29, 1.82) is 0 Å². The number of methoxy groups -OCH3 is 1. The second kappa shape index (κ2) is 11.2. The van der Waals surface area contributed by atoms with E-state index in [0.717, 1.165) is 18.2 Å². The summed E-state index contributed by atoms with van der Waals surface area (Å²) in [5.41, 5.74) is 0.678. The smallest absolute Gasteiger partial charge is 0.316 e. The van der Waals surface area contributed by atoms with E-state index in [1.807, 2.05) is 13.8 Å². The Balaban J connectivity index is 0.00000167. The molecule has 0 aliphatic heterocycles. The molecular formula is C25H26F4N4O2. The lowest BCUT2D eigenvalue weighted by Gasteiger charge is -2.29. The zero-order valence-corrected chi connectivity index (χ0v) is 19.6. The van der Waals surface area contributed by atoms with Crippen molar-refractivity contribution in [3.63, 3.8) is 0 Å². The summed E-state index contributed by atoms with van der Waals surface area (Å²) in [4.78, 5) is 25.1. The molecule has 1 aliphatic carbocycles. The Morgan fingerprint density at radius 2 is 1.69 bits per heavy atom. The lowest BCUT2D eigenvalue weighted by atomic mass is 9.83. The fourth-order valence-corrected chi connectivity index (χ4v) is 3.89. The van der Waals surface area contributed by atoms with Crippen LogP contribution in [0.25, 0.3) is 11.1 Å². The van der Waals surface area contributed by atoms with Crippen molar-refractivity contribution in [2.24, 2.45) is 0 Å². The van der Waals surface area contributed by atoms with Gasteiger partial charge >= 0.3 is 6.01 Å². The SMILES string of the molecule is CC.COc1ncc(C(=O)Nc2c(-c3cc(F)ccc3F)ccnc2C2CCC(F)(F)CC2)cn1. The topological polar surface area (TPSA) is 77.0 Å². The van der Waals surface area contributed by atoms with Crippen LogP contribution in [0.5, 0.6) is 6.01 Å². The van der Waals surface area contributed by atoms with Crippen molar-refractivity contribution in [3.8, 4) is 17.1 Å². The highest BCUT2D eigenvalue weighted by atomic mass is 19.3. The molecule has 2 heterocycles. The third-order valence-corrected chi connectivity index (χ3v) is 5.61. The molecule has 1 amide bonds. The number of hydrogen-bond donors (Lipinski definition) is 1. The molecule has 0 unspecified atom stereocenters. The normalized spacial score (nSPS) is 15.1. The molecule has 186 valence electrons. The number of halogens is 4. The molecule has 3 aromatic rings. The van der Waals surface area contributed by atoms with E-state index < -0.39 is 23.5 Å². The molecule has 0 saturated heterocycles. The molecule has 0 radical (unpaired) electrons. The molecule has 4 rings (SSSR count). The van der Waals surface area contributed by atoms with Gasteiger partial charge in [-0.25, -0.2) is 27.5 Å². The zero-order valence-electron chi connectivity index (χ0n) is 19.6. The van der Waals surface area contributed by atoms with Crippen LogP contribution in [0.1, 0.15) is 61.5 Å². The Kier molecular flexibility index (Phi) is 8.37. The van der Waals surface area contributed by atoms with Crippen LogP contribution in [-0.2, 0) is 0 Å². The molecule has 0 bridgehead atoms. The third-order valence-electron chi connectivity index (χ3n) is 5.61. The average molecular weight is 491 g/mol. The van der Waals surface area contributed by atoms with E-state index in [1.165, 1.54) is 31.8 Å². The summed E-state index contributed by atoms with van der Waals surface area (Å²) >= 11 is 0. The first-order chi connectivity index (χ1) is 16.8. The molecule has 10 heteroatoms. The number of nitrogens with zero attached hydrogens (tertiary/aromatic N) is 3. The second-order valence-electron chi connectivity index (χ2n) is 7.79. The van der Waals surface area contributed by atoms with Crippen LogP contribution in [0.15, 0.2) is 42.9 Å². The van der Waals surface area contributed by atoms with Gasteiger partial charge in [-0.05, 0) is 37.1 Å². The summed E-state index contributed by atoms with van der Waals surface area (Å²) in [6.07, 6.45) is 3.54. The first kappa shape index (κ1) is 26.1. The van der Waals surface area contributed by atoms with Crippen LogP contribution >= 0.6 is 0 Å². The molecule has 1 aliphatic rings. The van der Waals surface area contributed by atoms with E-state index in [4.69, 9.17) is 4.74 Å². The number of benzene rings is 1. The Morgan fingerprint density at radius 1 is 1.03 bits per heavy atom. The maximum Gasteiger partial charge on any atom is 0.316 e. The third kappa shape index (κ3) is 6.12. The van der Waals surface area contributed by atoms with Gasteiger partial charge in [0.15, 0.2) is 0 Å². The van der Waals surface area contributed by atoms with E-state index in [2.05, 4.69) is 20.3 Å². The lowest BCUT2D eigenvalue weighted by Crippen LogP contribution is -2.25. The Hall–Kier alpha value is -3.56. The highest BCUT2D eigenvalue weighted by Crippen LogP contribution is 2.44. The first-order valence-corrected chi connectivity index (χ1v) is 11.3. The van der Waals surface area contributed by atoms with E-state index in [1.54, 1.807) is 0 Å². The zero-order chi connectivity index (χ0) is 25.6. The minimum Gasteiger partial charge on any atom is -0.467 e. The summed E-state index contributed by atoms with van der Waals surface area (Å²) < 4.78 is 60.9. The highest BCUT2D eigenvalue weighted by Gasteiger charge is 2.37. The Labute approximate surface area is 200 Å². The van der Waals surface area contributed by atoms with Crippen LogP contribution in [-0.4, -0.2) is 33.9 Å². The number of ether oxygens (including phenoxy) is 1. The standard InChI is InChI=1S/C23H20F4N4O2.C2H6/c1-33-22-29-11-14(12-30-22)21(32)31-20-16(17-10-15(24)2-3-18(17)25)6-9-28-19(20)13-4-7-23(26,27)8-5-13;1-2/h2-3,6,9-13H,4-5,7-8H2,1H3,(H,31,32);1-2H3. The van der Waals surface area contributed by atoms with Gasteiger partial charge in [0, 0.05) is 48.5 Å². The molecule has 1 N–H and O–H groups in total. The van der Waals surface area contributed by atoms with Crippen molar-refractivity contribution in [1.82, 2.24) is 15.0 Å². The summed E-state index contributed by atoms with van der Waals surface area (Å²) in [5.74, 6) is -5.13. The quantitative estimate of drug-likeness (QED) is 0.419. The maximum atomic E-state index is 14.6. The number of amides is 1. The summed E-state index contributed by atoms with van der Waals surface area (Å²) in [7, 11) is 1.38. The van der Waals surface area contributed by atoms with Crippen molar-refractivity contribution in [3.05, 3.63) is 65.7 Å². The van der Waals surface area contributed by atoms with Gasteiger partial charge in [0.25, 0.3) is 5.91 Å². The second-order valence-corrected chi connectivity index (χ2v) is 7.79.